The highest BCUT2D eigenvalue weighted by Gasteiger charge is 2.11. The zero-order chi connectivity index (χ0) is 13.1. The van der Waals surface area contributed by atoms with Crippen LogP contribution in [0.1, 0.15) is 27.7 Å². The van der Waals surface area contributed by atoms with Crippen LogP contribution in [0.3, 0.4) is 0 Å². The molecule has 0 saturated carbocycles. The lowest BCUT2D eigenvalue weighted by Crippen LogP contribution is -2.26. The fourth-order valence-corrected chi connectivity index (χ4v) is 0.569. The summed E-state index contributed by atoms with van der Waals surface area (Å²) in [4.78, 5) is 20.7. The fourth-order valence-electron chi connectivity index (χ4n) is 0.569. The van der Waals surface area contributed by atoms with Gasteiger partial charge in [-0.05, 0) is 13.8 Å². The van der Waals surface area contributed by atoms with Gasteiger partial charge >= 0.3 is 11.9 Å². The van der Waals surface area contributed by atoms with Gasteiger partial charge in [0.05, 0.1) is 6.61 Å². The lowest BCUT2D eigenvalue weighted by atomic mass is 10.4. The fraction of sp³-hybridized carbons (Fsp3) is 0.800. The van der Waals surface area contributed by atoms with E-state index in [-0.39, 0.29) is 19.3 Å². The molecule has 0 aromatic carbocycles. The molecule has 0 heterocycles. The molecular formula is C10H20O6. The van der Waals surface area contributed by atoms with E-state index in [1.807, 2.05) is 0 Å². The van der Waals surface area contributed by atoms with Crippen molar-refractivity contribution in [3.63, 3.8) is 0 Å². The van der Waals surface area contributed by atoms with Crippen molar-refractivity contribution in [2.45, 2.75) is 39.9 Å². The number of esters is 2. The smallest absolute Gasteiger partial charge is 0.303 e. The van der Waals surface area contributed by atoms with E-state index in [0.29, 0.717) is 0 Å². The first-order valence-corrected chi connectivity index (χ1v) is 4.89. The Balaban J connectivity index is 0. The van der Waals surface area contributed by atoms with Crippen LogP contribution in [0.25, 0.3) is 0 Å². The van der Waals surface area contributed by atoms with E-state index >= 15 is 0 Å². The van der Waals surface area contributed by atoms with Crippen molar-refractivity contribution in [2.75, 3.05) is 13.2 Å². The minimum absolute atomic E-state index is 0.106. The average Bonchev–Trinajstić information content (AvgIpc) is 2.10. The van der Waals surface area contributed by atoms with Crippen molar-refractivity contribution in [3.8, 4) is 0 Å². The van der Waals surface area contributed by atoms with Crippen LogP contribution in [0.4, 0.5) is 0 Å². The second-order valence-corrected chi connectivity index (χ2v) is 3.31. The molecule has 0 saturated heterocycles. The largest absolute Gasteiger partial charge is 0.462 e. The van der Waals surface area contributed by atoms with E-state index < -0.39 is 18.0 Å². The molecule has 0 amide bonds. The molecule has 0 aromatic heterocycles. The molecule has 0 spiro atoms. The summed E-state index contributed by atoms with van der Waals surface area (Å²) in [5.74, 6) is -0.984. The molecule has 0 fully saturated rings. The summed E-state index contributed by atoms with van der Waals surface area (Å²) in [7, 11) is 0. The Hall–Kier alpha value is -1.14. The Morgan fingerprint density at radius 3 is 1.88 bits per heavy atom. The average molecular weight is 236 g/mol. The number of carbonyl (C=O) groups excluding carboxylic acids is 2. The number of hydrogen-bond donors (Lipinski definition) is 2. The molecule has 6 heteroatoms. The Bertz CT molecular complexity index is 199. The third-order valence-corrected chi connectivity index (χ3v) is 1.01. The normalized spacial score (nSPS) is 11.2. The molecule has 2 N–H and O–H groups in total. The standard InChI is InChI=1S/C7H12O5.C3H8O/c1-5(9)11-4-7(3-8)12-6(2)10;1-3(2)4/h7-8H,3-4H2,1-2H3;3-4H,1-2H3. The third kappa shape index (κ3) is 18.6. The number of rotatable bonds is 4. The van der Waals surface area contributed by atoms with Gasteiger partial charge in [0.25, 0.3) is 0 Å². The lowest BCUT2D eigenvalue weighted by molar-refractivity contribution is -0.158. The lowest BCUT2D eigenvalue weighted by Gasteiger charge is -2.13. The van der Waals surface area contributed by atoms with Gasteiger partial charge in [0.1, 0.15) is 6.61 Å². The summed E-state index contributed by atoms with van der Waals surface area (Å²) in [6.45, 7) is 5.44. The highest BCUT2D eigenvalue weighted by atomic mass is 16.6. The van der Waals surface area contributed by atoms with E-state index in [9.17, 15) is 9.59 Å². The monoisotopic (exact) mass is 236 g/mol. The van der Waals surface area contributed by atoms with Gasteiger partial charge in [-0.2, -0.15) is 0 Å². The van der Waals surface area contributed by atoms with Crippen molar-refractivity contribution in [3.05, 3.63) is 0 Å². The molecule has 0 aromatic rings. The maximum Gasteiger partial charge on any atom is 0.303 e. The Kier molecular flexibility index (Phi) is 11.2. The molecule has 16 heavy (non-hydrogen) atoms. The van der Waals surface area contributed by atoms with Crippen LogP contribution < -0.4 is 0 Å². The summed E-state index contributed by atoms with van der Waals surface area (Å²) >= 11 is 0. The Morgan fingerprint density at radius 2 is 1.62 bits per heavy atom. The van der Waals surface area contributed by atoms with Crippen molar-refractivity contribution in [2.24, 2.45) is 0 Å². The van der Waals surface area contributed by atoms with Crippen LogP contribution in [-0.4, -0.2) is 47.6 Å². The molecule has 1 atom stereocenters. The zero-order valence-electron chi connectivity index (χ0n) is 10.1. The predicted octanol–water partition coefficient (Wildman–Crippen LogP) is -0.139. The highest BCUT2D eigenvalue weighted by molar-refractivity contribution is 5.67. The molecule has 0 aliphatic rings. The molecule has 0 radical (unpaired) electrons. The molecule has 96 valence electrons. The maximum atomic E-state index is 10.4. The molecule has 0 bridgehead atoms. The van der Waals surface area contributed by atoms with Crippen LogP contribution in [0.15, 0.2) is 0 Å². The highest BCUT2D eigenvalue weighted by Crippen LogP contribution is 1.93. The van der Waals surface area contributed by atoms with Gasteiger partial charge in [0, 0.05) is 20.0 Å². The predicted molar refractivity (Wildman–Crippen MR) is 56.6 cm³/mol. The molecular weight excluding hydrogens is 216 g/mol. The molecule has 0 aliphatic carbocycles. The van der Waals surface area contributed by atoms with E-state index in [1.165, 1.54) is 13.8 Å². The summed E-state index contributed by atoms with van der Waals surface area (Å²) in [5.41, 5.74) is 0. The van der Waals surface area contributed by atoms with Crippen LogP contribution in [0.5, 0.6) is 0 Å². The number of ether oxygens (including phenoxy) is 2. The number of carbonyl (C=O) groups is 2. The first kappa shape index (κ1) is 17.3. The van der Waals surface area contributed by atoms with Gasteiger partial charge < -0.3 is 19.7 Å². The SMILES string of the molecule is CC(=O)OCC(CO)OC(C)=O.CC(C)O. The van der Waals surface area contributed by atoms with E-state index in [0.717, 1.165) is 0 Å². The summed E-state index contributed by atoms with van der Waals surface area (Å²) < 4.78 is 9.10. The van der Waals surface area contributed by atoms with Gasteiger partial charge in [-0.15, -0.1) is 0 Å². The van der Waals surface area contributed by atoms with Crippen LogP contribution in [0, 0.1) is 0 Å². The van der Waals surface area contributed by atoms with E-state index in [4.69, 9.17) is 10.2 Å². The van der Waals surface area contributed by atoms with E-state index in [1.54, 1.807) is 13.8 Å². The van der Waals surface area contributed by atoms with Crippen molar-refractivity contribution in [1.82, 2.24) is 0 Å². The van der Waals surface area contributed by atoms with Crippen LogP contribution >= 0.6 is 0 Å². The first-order chi connectivity index (χ1) is 7.29. The van der Waals surface area contributed by atoms with E-state index in [2.05, 4.69) is 9.47 Å². The quantitative estimate of drug-likeness (QED) is 0.660. The number of aliphatic hydroxyl groups is 2. The second-order valence-electron chi connectivity index (χ2n) is 3.31. The molecule has 6 nitrogen and oxygen atoms in total. The maximum absolute atomic E-state index is 10.4. The van der Waals surface area contributed by atoms with Gasteiger partial charge in [0.15, 0.2) is 6.10 Å². The minimum atomic E-state index is -0.758. The van der Waals surface area contributed by atoms with Gasteiger partial charge in [-0.25, -0.2) is 0 Å². The van der Waals surface area contributed by atoms with Crippen molar-refractivity contribution >= 4 is 11.9 Å². The van der Waals surface area contributed by atoms with Gasteiger partial charge in [-0.3, -0.25) is 9.59 Å². The molecule has 1 unspecified atom stereocenters. The molecule has 0 rings (SSSR count). The Labute approximate surface area is 95.2 Å². The number of aliphatic hydroxyl groups excluding tert-OH is 2. The summed E-state index contributed by atoms with van der Waals surface area (Å²) in [5, 5.41) is 16.7. The topological polar surface area (TPSA) is 93.1 Å². The second kappa shape index (κ2) is 10.4. The van der Waals surface area contributed by atoms with Crippen LogP contribution in [-0.2, 0) is 19.1 Å². The van der Waals surface area contributed by atoms with Crippen LogP contribution in [0.2, 0.25) is 0 Å². The summed E-state index contributed by atoms with van der Waals surface area (Å²) in [6.07, 6.45) is -0.925. The van der Waals surface area contributed by atoms with Crippen molar-refractivity contribution < 1.29 is 29.3 Å². The number of hydrogen-bond acceptors (Lipinski definition) is 6. The molecule has 0 aliphatic heterocycles. The van der Waals surface area contributed by atoms with Gasteiger partial charge in [-0.1, -0.05) is 0 Å². The zero-order valence-corrected chi connectivity index (χ0v) is 10.1. The Morgan fingerprint density at radius 1 is 1.19 bits per heavy atom. The van der Waals surface area contributed by atoms with Crippen molar-refractivity contribution in [1.29, 1.82) is 0 Å². The minimum Gasteiger partial charge on any atom is -0.462 e. The summed E-state index contributed by atoms with van der Waals surface area (Å²) in [6, 6.07) is 0. The van der Waals surface area contributed by atoms with Gasteiger partial charge in [0.2, 0.25) is 0 Å². The third-order valence-electron chi connectivity index (χ3n) is 1.01. The first-order valence-electron chi connectivity index (χ1n) is 4.89.